The number of amides is 1. The number of H-pyrrole nitrogens is 1. The number of hydrogen-bond acceptors (Lipinski definition) is 2. The molecule has 0 aliphatic carbocycles. The number of carbonyl (C=O) groups excluding carboxylic acids is 1. The second-order valence-electron chi connectivity index (χ2n) is 4.23. The van der Waals surface area contributed by atoms with Crippen molar-refractivity contribution in [2.24, 2.45) is 0 Å². The molecule has 2 aromatic rings. The summed E-state index contributed by atoms with van der Waals surface area (Å²) in [4.78, 5) is 21.0. The lowest BCUT2D eigenvalue weighted by molar-refractivity contribution is -0.118. The minimum Gasteiger partial charge on any atom is -0.342 e. The molecule has 0 atom stereocenters. The van der Waals surface area contributed by atoms with Gasteiger partial charge in [-0.1, -0.05) is 6.92 Å². The summed E-state index contributed by atoms with van der Waals surface area (Å²) < 4.78 is 0. The van der Waals surface area contributed by atoms with Crippen LogP contribution in [-0.4, -0.2) is 22.9 Å². The molecule has 0 aliphatic heterocycles. The average molecular weight is 231 g/mol. The number of fused-ring (bicyclic) bond motifs is 1. The first-order chi connectivity index (χ1) is 8.11. The highest BCUT2D eigenvalue weighted by molar-refractivity contribution is 5.94. The third-order valence-corrected chi connectivity index (χ3v) is 2.81. The van der Waals surface area contributed by atoms with E-state index in [4.69, 9.17) is 0 Å². The number of aromatic nitrogens is 2. The minimum absolute atomic E-state index is 0.142. The van der Waals surface area contributed by atoms with E-state index in [1.54, 1.807) is 4.90 Å². The van der Waals surface area contributed by atoms with Gasteiger partial charge in [0.2, 0.25) is 5.91 Å². The van der Waals surface area contributed by atoms with Gasteiger partial charge in [0.25, 0.3) is 0 Å². The summed E-state index contributed by atoms with van der Waals surface area (Å²) >= 11 is 0. The van der Waals surface area contributed by atoms with Gasteiger partial charge in [-0.05, 0) is 31.5 Å². The fourth-order valence-corrected chi connectivity index (χ4v) is 1.86. The molecule has 0 saturated heterocycles. The fourth-order valence-electron chi connectivity index (χ4n) is 1.86. The normalized spacial score (nSPS) is 10.8. The van der Waals surface area contributed by atoms with Gasteiger partial charge in [0, 0.05) is 19.2 Å². The summed E-state index contributed by atoms with van der Waals surface area (Å²) in [7, 11) is 1.81. The molecule has 1 heterocycles. The van der Waals surface area contributed by atoms with Crippen LogP contribution in [0.4, 0.5) is 5.69 Å². The summed E-state index contributed by atoms with van der Waals surface area (Å²) in [5.41, 5.74) is 2.80. The van der Waals surface area contributed by atoms with E-state index in [1.165, 1.54) is 0 Å². The zero-order valence-electron chi connectivity index (χ0n) is 10.4. The fraction of sp³-hybridized carbons (Fsp3) is 0.385. The van der Waals surface area contributed by atoms with E-state index in [1.807, 2.05) is 39.1 Å². The largest absolute Gasteiger partial charge is 0.342 e. The Bertz CT molecular complexity index is 545. The molecule has 4 nitrogen and oxygen atoms in total. The molecule has 1 aromatic heterocycles. The molecule has 1 aromatic carbocycles. The highest BCUT2D eigenvalue weighted by Gasteiger charge is 2.10. The van der Waals surface area contributed by atoms with Crippen LogP contribution in [-0.2, 0) is 4.79 Å². The molecule has 1 amide bonds. The number of carbonyl (C=O) groups is 1. The van der Waals surface area contributed by atoms with Crippen molar-refractivity contribution in [1.29, 1.82) is 0 Å². The van der Waals surface area contributed by atoms with Crippen LogP contribution in [0.25, 0.3) is 11.0 Å². The van der Waals surface area contributed by atoms with Crippen molar-refractivity contribution >= 4 is 22.6 Å². The maximum absolute atomic E-state index is 11.8. The Hall–Kier alpha value is -1.84. The summed E-state index contributed by atoms with van der Waals surface area (Å²) in [6.45, 7) is 3.93. The van der Waals surface area contributed by atoms with E-state index in [0.717, 1.165) is 29.0 Å². The Morgan fingerprint density at radius 2 is 2.24 bits per heavy atom. The Balaban J connectivity index is 2.32. The first kappa shape index (κ1) is 11.6. The van der Waals surface area contributed by atoms with E-state index >= 15 is 0 Å². The second kappa shape index (κ2) is 4.57. The Kier molecular flexibility index (Phi) is 3.13. The second-order valence-corrected chi connectivity index (χ2v) is 4.23. The molecule has 0 saturated carbocycles. The SMILES string of the molecule is CCCC(=O)N(C)c1ccc2nc(C)[nH]c2c1. The third-order valence-electron chi connectivity index (χ3n) is 2.81. The van der Waals surface area contributed by atoms with Gasteiger partial charge in [-0.2, -0.15) is 0 Å². The van der Waals surface area contributed by atoms with Gasteiger partial charge >= 0.3 is 0 Å². The van der Waals surface area contributed by atoms with Crippen molar-refractivity contribution in [2.75, 3.05) is 11.9 Å². The predicted molar refractivity (Wildman–Crippen MR) is 69.1 cm³/mol. The van der Waals surface area contributed by atoms with Gasteiger partial charge in [-0.15, -0.1) is 0 Å². The molecule has 90 valence electrons. The molecule has 1 N–H and O–H groups in total. The highest BCUT2D eigenvalue weighted by atomic mass is 16.2. The molecule has 0 bridgehead atoms. The van der Waals surface area contributed by atoms with Crippen LogP contribution < -0.4 is 4.90 Å². The molecule has 0 unspecified atom stereocenters. The van der Waals surface area contributed by atoms with Crippen molar-refractivity contribution in [3.8, 4) is 0 Å². The number of imidazole rings is 1. The molecule has 0 aliphatic rings. The van der Waals surface area contributed by atoms with Crippen molar-refractivity contribution in [3.63, 3.8) is 0 Å². The quantitative estimate of drug-likeness (QED) is 0.882. The summed E-state index contributed by atoms with van der Waals surface area (Å²) in [5, 5.41) is 0. The molecule has 2 rings (SSSR count). The lowest BCUT2D eigenvalue weighted by atomic mass is 10.2. The first-order valence-corrected chi connectivity index (χ1v) is 5.84. The lowest BCUT2D eigenvalue weighted by Gasteiger charge is -2.16. The Morgan fingerprint density at radius 1 is 1.47 bits per heavy atom. The van der Waals surface area contributed by atoms with Gasteiger partial charge in [0.05, 0.1) is 11.0 Å². The van der Waals surface area contributed by atoms with Crippen LogP contribution in [0.1, 0.15) is 25.6 Å². The van der Waals surface area contributed by atoms with Gasteiger partial charge in [0.1, 0.15) is 5.82 Å². The smallest absolute Gasteiger partial charge is 0.226 e. The maximum Gasteiger partial charge on any atom is 0.226 e. The molecule has 0 radical (unpaired) electrons. The summed E-state index contributed by atoms with van der Waals surface area (Å²) in [6.07, 6.45) is 1.45. The molecular formula is C13H17N3O. The Labute approximate surface area is 101 Å². The zero-order chi connectivity index (χ0) is 12.4. The van der Waals surface area contributed by atoms with Crippen LogP contribution >= 0.6 is 0 Å². The van der Waals surface area contributed by atoms with Crippen LogP contribution in [0.3, 0.4) is 0 Å². The van der Waals surface area contributed by atoms with E-state index in [9.17, 15) is 4.79 Å². The molecule has 0 fully saturated rings. The van der Waals surface area contributed by atoms with E-state index in [0.29, 0.717) is 6.42 Å². The van der Waals surface area contributed by atoms with E-state index < -0.39 is 0 Å². The highest BCUT2D eigenvalue weighted by Crippen LogP contribution is 2.20. The zero-order valence-corrected chi connectivity index (χ0v) is 10.4. The average Bonchev–Trinajstić information content (AvgIpc) is 2.67. The number of nitrogens with one attached hydrogen (secondary N) is 1. The Morgan fingerprint density at radius 3 is 2.94 bits per heavy atom. The van der Waals surface area contributed by atoms with Crippen molar-refractivity contribution in [2.45, 2.75) is 26.7 Å². The van der Waals surface area contributed by atoms with Crippen LogP contribution in [0.15, 0.2) is 18.2 Å². The van der Waals surface area contributed by atoms with Crippen LogP contribution in [0.5, 0.6) is 0 Å². The van der Waals surface area contributed by atoms with E-state index in [2.05, 4.69) is 9.97 Å². The van der Waals surface area contributed by atoms with Gasteiger partial charge in [-0.25, -0.2) is 4.98 Å². The van der Waals surface area contributed by atoms with Crippen molar-refractivity contribution in [3.05, 3.63) is 24.0 Å². The first-order valence-electron chi connectivity index (χ1n) is 5.84. The minimum atomic E-state index is 0.142. The topological polar surface area (TPSA) is 49.0 Å². The molecule has 4 heteroatoms. The number of aromatic amines is 1. The summed E-state index contributed by atoms with van der Waals surface area (Å²) in [6, 6.07) is 5.82. The monoisotopic (exact) mass is 231 g/mol. The van der Waals surface area contributed by atoms with Crippen LogP contribution in [0.2, 0.25) is 0 Å². The molecular weight excluding hydrogens is 214 g/mol. The lowest BCUT2D eigenvalue weighted by Crippen LogP contribution is -2.25. The van der Waals surface area contributed by atoms with E-state index in [-0.39, 0.29) is 5.91 Å². The van der Waals surface area contributed by atoms with Gasteiger partial charge in [0.15, 0.2) is 0 Å². The van der Waals surface area contributed by atoms with Crippen molar-refractivity contribution < 1.29 is 4.79 Å². The van der Waals surface area contributed by atoms with Crippen molar-refractivity contribution in [1.82, 2.24) is 9.97 Å². The molecule has 17 heavy (non-hydrogen) atoms. The standard InChI is InChI=1S/C13H17N3O/c1-4-5-13(17)16(3)10-6-7-11-12(8-10)15-9(2)14-11/h6-8H,4-5H2,1-3H3,(H,14,15). The van der Waals surface area contributed by atoms with Crippen LogP contribution in [0, 0.1) is 6.92 Å². The number of nitrogens with zero attached hydrogens (tertiary/aromatic N) is 2. The van der Waals surface area contributed by atoms with Gasteiger partial charge in [-0.3, -0.25) is 4.79 Å². The van der Waals surface area contributed by atoms with Gasteiger partial charge < -0.3 is 9.88 Å². The third kappa shape index (κ3) is 2.30. The number of anilines is 1. The number of hydrogen-bond donors (Lipinski definition) is 1. The number of rotatable bonds is 3. The molecule has 0 spiro atoms. The number of benzene rings is 1. The maximum atomic E-state index is 11.8. The number of aryl methyl sites for hydroxylation is 1. The summed E-state index contributed by atoms with van der Waals surface area (Å²) in [5.74, 6) is 1.03. The predicted octanol–water partition coefficient (Wildman–Crippen LogP) is 2.63.